The zero-order valence-corrected chi connectivity index (χ0v) is 18.8. The Hall–Kier alpha value is -4.15. The number of rotatable bonds is 1. The highest BCUT2D eigenvalue weighted by Crippen LogP contribution is 2.53. The first-order valence-corrected chi connectivity index (χ1v) is 12.1. The maximum absolute atomic E-state index is 6.43. The van der Waals surface area contributed by atoms with Gasteiger partial charge in [0.2, 0.25) is 0 Å². The molecule has 0 N–H and O–H groups in total. The van der Waals surface area contributed by atoms with Gasteiger partial charge in [0.05, 0.1) is 27.8 Å². The summed E-state index contributed by atoms with van der Waals surface area (Å²) in [5.74, 6) is 0. The molecule has 0 spiro atoms. The second kappa shape index (κ2) is 6.69. The maximum atomic E-state index is 6.43. The molecule has 4 heteroatoms. The van der Waals surface area contributed by atoms with Gasteiger partial charge in [0, 0.05) is 20.6 Å². The van der Waals surface area contributed by atoms with Crippen LogP contribution < -0.4 is 4.90 Å². The lowest BCUT2D eigenvalue weighted by atomic mass is 10.0. The molecule has 0 fully saturated rings. The average Bonchev–Trinajstić information content (AvgIpc) is 3.45. The monoisotopic (exact) mass is 455 g/mol. The molecule has 3 heterocycles. The standard InChI is InChI=1S/C30H17NO2S/c1-4-12-23-18(8-1)19-16-17-25-29(30(19)33-23)28-22(11-7-13-24(28)32-25)31-20-9-2-5-14-26(20)34-27-15-6-3-10-21(27)31/h1-17H. The van der Waals surface area contributed by atoms with Crippen LogP contribution in [-0.2, 0) is 0 Å². The van der Waals surface area contributed by atoms with Crippen molar-refractivity contribution in [1.82, 2.24) is 0 Å². The van der Waals surface area contributed by atoms with Gasteiger partial charge in [0.15, 0.2) is 0 Å². The molecule has 0 bridgehead atoms. The predicted molar refractivity (Wildman–Crippen MR) is 140 cm³/mol. The van der Waals surface area contributed by atoms with E-state index in [-0.39, 0.29) is 0 Å². The number of fused-ring (bicyclic) bond motifs is 9. The van der Waals surface area contributed by atoms with Gasteiger partial charge in [-0.05, 0) is 54.6 Å². The van der Waals surface area contributed by atoms with Gasteiger partial charge in [-0.15, -0.1) is 0 Å². The highest BCUT2D eigenvalue weighted by molar-refractivity contribution is 7.99. The molecular formula is C30H17NO2S. The van der Waals surface area contributed by atoms with Crippen LogP contribution in [-0.4, -0.2) is 0 Å². The molecule has 7 aromatic rings. The van der Waals surface area contributed by atoms with Crippen molar-refractivity contribution in [2.24, 2.45) is 0 Å². The van der Waals surface area contributed by atoms with E-state index < -0.39 is 0 Å². The van der Waals surface area contributed by atoms with Gasteiger partial charge in [-0.25, -0.2) is 0 Å². The van der Waals surface area contributed by atoms with Gasteiger partial charge in [-0.3, -0.25) is 0 Å². The Kier molecular flexibility index (Phi) is 3.60. The van der Waals surface area contributed by atoms with Crippen LogP contribution in [0.1, 0.15) is 0 Å². The third-order valence-electron chi connectivity index (χ3n) is 6.66. The molecule has 0 aliphatic carbocycles. The molecular weight excluding hydrogens is 438 g/mol. The first kappa shape index (κ1) is 18.3. The van der Waals surface area contributed by atoms with Crippen LogP contribution in [0, 0.1) is 0 Å². The second-order valence-corrected chi connectivity index (χ2v) is 9.62. The highest BCUT2D eigenvalue weighted by atomic mass is 32.2. The summed E-state index contributed by atoms with van der Waals surface area (Å²) in [7, 11) is 0. The van der Waals surface area contributed by atoms with E-state index in [4.69, 9.17) is 8.83 Å². The van der Waals surface area contributed by atoms with E-state index >= 15 is 0 Å². The normalized spacial score (nSPS) is 13.1. The molecule has 0 radical (unpaired) electrons. The Morgan fingerprint density at radius 1 is 0.471 bits per heavy atom. The van der Waals surface area contributed by atoms with Crippen LogP contribution >= 0.6 is 11.8 Å². The van der Waals surface area contributed by atoms with Crippen molar-refractivity contribution in [1.29, 1.82) is 0 Å². The lowest BCUT2D eigenvalue weighted by molar-refractivity contribution is 0.663. The van der Waals surface area contributed by atoms with E-state index in [0.717, 1.165) is 49.6 Å². The van der Waals surface area contributed by atoms with E-state index in [2.05, 4.69) is 89.8 Å². The lowest BCUT2D eigenvalue weighted by Crippen LogP contribution is -2.14. The fraction of sp³-hybridized carbons (Fsp3) is 0. The quantitative estimate of drug-likeness (QED) is 0.246. The summed E-state index contributed by atoms with van der Waals surface area (Å²) in [6.45, 7) is 0. The summed E-state index contributed by atoms with van der Waals surface area (Å²) in [5.41, 5.74) is 6.88. The Morgan fingerprint density at radius 3 is 1.94 bits per heavy atom. The third-order valence-corrected chi connectivity index (χ3v) is 7.79. The Labute approximate surface area is 199 Å². The van der Waals surface area contributed by atoms with Crippen molar-refractivity contribution in [3.63, 3.8) is 0 Å². The smallest absolute Gasteiger partial charge is 0.147 e. The topological polar surface area (TPSA) is 29.5 Å². The van der Waals surface area contributed by atoms with Crippen LogP contribution in [0.3, 0.4) is 0 Å². The number of anilines is 3. The predicted octanol–water partition coefficient (Wildman–Crippen LogP) is 9.42. The minimum absolute atomic E-state index is 0.835. The minimum atomic E-state index is 0.835. The van der Waals surface area contributed by atoms with Gasteiger partial charge < -0.3 is 13.7 Å². The number of nitrogens with zero attached hydrogens (tertiary/aromatic N) is 1. The molecule has 3 nitrogen and oxygen atoms in total. The molecule has 0 amide bonds. The fourth-order valence-corrected chi connectivity index (χ4v) is 6.28. The number of para-hydroxylation sites is 3. The van der Waals surface area contributed by atoms with Crippen molar-refractivity contribution in [2.75, 3.05) is 4.90 Å². The molecule has 0 unspecified atom stereocenters. The Balaban J connectivity index is 1.53. The first-order chi connectivity index (χ1) is 16.9. The summed E-state index contributed by atoms with van der Waals surface area (Å²) in [6, 6.07) is 35.8. The molecule has 0 atom stereocenters. The van der Waals surface area contributed by atoms with Crippen LogP contribution in [0.2, 0.25) is 0 Å². The zero-order chi connectivity index (χ0) is 22.2. The summed E-state index contributed by atoms with van der Waals surface area (Å²) in [6.07, 6.45) is 0. The second-order valence-electron chi connectivity index (χ2n) is 8.54. The summed E-state index contributed by atoms with van der Waals surface area (Å²) in [4.78, 5) is 4.83. The number of hydrogen-bond acceptors (Lipinski definition) is 4. The van der Waals surface area contributed by atoms with Crippen molar-refractivity contribution < 1.29 is 8.83 Å². The highest BCUT2D eigenvalue weighted by Gasteiger charge is 2.27. The summed E-state index contributed by atoms with van der Waals surface area (Å²) in [5, 5.41) is 4.32. The SMILES string of the molecule is c1ccc2c(c1)Sc1ccccc1N2c1cccc2oc3ccc4c5ccccc5oc4c3c12. The van der Waals surface area contributed by atoms with Crippen LogP contribution in [0.15, 0.2) is 122 Å². The van der Waals surface area contributed by atoms with E-state index in [1.54, 1.807) is 0 Å². The first-order valence-electron chi connectivity index (χ1n) is 11.3. The van der Waals surface area contributed by atoms with Gasteiger partial charge in [-0.1, -0.05) is 60.3 Å². The average molecular weight is 456 g/mol. The molecule has 0 saturated heterocycles. The summed E-state index contributed by atoms with van der Waals surface area (Å²) >= 11 is 1.81. The molecule has 160 valence electrons. The third kappa shape index (κ3) is 2.38. The van der Waals surface area contributed by atoms with Crippen molar-refractivity contribution in [3.8, 4) is 0 Å². The zero-order valence-electron chi connectivity index (χ0n) is 18.0. The number of benzene rings is 5. The van der Waals surface area contributed by atoms with E-state index in [1.807, 2.05) is 30.0 Å². The van der Waals surface area contributed by atoms with Gasteiger partial charge in [0.1, 0.15) is 22.3 Å². The number of furan rings is 2. The molecule has 8 rings (SSSR count). The van der Waals surface area contributed by atoms with E-state index in [9.17, 15) is 0 Å². The van der Waals surface area contributed by atoms with Gasteiger partial charge >= 0.3 is 0 Å². The van der Waals surface area contributed by atoms with Crippen molar-refractivity contribution in [3.05, 3.63) is 103 Å². The summed E-state index contributed by atoms with van der Waals surface area (Å²) < 4.78 is 12.8. The molecule has 2 aromatic heterocycles. The minimum Gasteiger partial charge on any atom is -0.456 e. The molecule has 1 aliphatic heterocycles. The molecule has 5 aromatic carbocycles. The van der Waals surface area contributed by atoms with Crippen LogP contribution in [0.5, 0.6) is 0 Å². The van der Waals surface area contributed by atoms with Gasteiger partial charge in [-0.2, -0.15) is 0 Å². The van der Waals surface area contributed by atoms with E-state index in [0.29, 0.717) is 0 Å². The Bertz CT molecular complexity index is 1870. The van der Waals surface area contributed by atoms with Crippen molar-refractivity contribution in [2.45, 2.75) is 9.79 Å². The fourth-order valence-electron chi connectivity index (χ4n) is 5.22. The lowest BCUT2D eigenvalue weighted by Gasteiger charge is -2.33. The maximum Gasteiger partial charge on any atom is 0.147 e. The molecule has 0 saturated carbocycles. The van der Waals surface area contributed by atoms with Crippen molar-refractivity contribution >= 4 is 72.7 Å². The number of hydrogen-bond donors (Lipinski definition) is 0. The van der Waals surface area contributed by atoms with Crippen LogP contribution in [0.25, 0.3) is 43.9 Å². The van der Waals surface area contributed by atoms with Gasteiger partial charge in [0.25, 0.3) is 0 Å². The molecule has 1 aliphatic rings. The van der Waals surface area contributed by atoms with Crippen LogP contribution in [0.4, 0.5) is 17.1 Å². The Morgan fingerprint density at radius 2 is 1.12 bits per heavy atom. The molecule has 34 heavy (non-hydrogen) atoms. The van der Waals surface area contributed by atoms with E-state index in [1.165, 1.54) is 21.2 Å². The largest absolute Gasteiger partial charge is 0.456 e.